The minimum atomic E-state index is 0.152. The van der Waals surface area contributed by atoms with Crippen LogP contribution in [-0.4, -0.2) is 46.5 Å². The largest absolute Gasteiger partial charge is 0.489 e. The summed E-state index contributed by atoms with van der Waals surface area (Å²) < 4.78 is 11.2. The molecule has 1 unspecified atom stereocenters. The molecule has 0 fully saturated rings. The van der Waals surface area contributed by atoms with Crippen molar-refractivity contribution >= 4 is 5.69 Å². The lowest BCUT2D eigenvalue weighted by molar-refractivity contribution is 0.143. The molecule has 0 spiro atoms. The average Bonchev–Trinajstić information content (AvgIpc) is 2.43. The highest BCUT2D eigenvalue weighted by molar-refractivity contribution is 5.49. The van der Waals surface area contributed by atoms with Crippen molar-refractivity contribution in [1.82, 2.24) is 5.32 Å². The number of nitrogens with one attached hydrogen (secondary N) is 1. The molecule has 0 saturated heterocycles. The molecular formula is C16H28N2O2. The van der Waals surface area contributed by atoms with E-state index in [9.17, 15) is 0 Å². The summed E-state index contributed by atoms with van der Waals surface area (Å²) in [6.45, 7) is 7.53. The van der Waals surface area contributed by atoms with Crippen molar-refractivity contribution in [2.45, 2.75) is 26.4 Å². The maximum atomic E-state index is 5.91. The summed E-state index contributed by atoms with van der Waals surface area (Å²) in [5, 5.41) is 3.39. The summed E-state index contributed by atoms with van der Waals surface area (Å²) in [6, 6.07) is 8.15. The Kier molecular flexibility index (Phi) is 8.07. The van der Waals surface area contributed by atoms with E-state index < -0.39 is 0 Å². The third kappa shape index (κ3) is 6.78. The van der Waals surface area contributed by atoms with Gasteiger partial charge in [0.15, 0.2) is 0 Å². The van der Waals surface area contributed by atoms with E-state index in [2.05, 4.69) is 29.3 Å². The Balaban J connectivity index is 2.24. The first-order valence-corrected chi connectivity index (χ1v) is 7.36. The fourth-order valence-electron chi connectivity index (χ4n) is 1.86. The third-order valence-electron chi connectivity index (χ3n) is 2.95. The van der Waals surface area contributed by atoms with Gasteiger partial charge in [0, 0.05) is 45.6 Å². The van der Waals surface area contributed by atoms with Gasteiger partial charge in [0.25, 0.3) is 0 Å². The van der Waals surface area contributed by atoms with E-state index in [-0.39, 0.29) is 6.10 Å². The summed E-state index contributed by atoms with van der Waals surface area (Å²) in [6.07, 6.45) is 1.19. The van der Waals surface area contributed by atoms with E-state index >= 15 is 0 Å². The molecule has 20 heavy (non-hydrogen) atoms. The number of ether oxygens (including phenoxy) is 2. The van der Waals surface area contributed by atoms with Gasteiger partial charge in [-0.25, -0.2) is 0 Å². The van der Waals surface area contributed by atoms with Gasteiger partial charge in [-0.3, -0.25) is 0 Å². The maximum absolute atomic E-state index is 5.91. The summed E-state index contributed by atoms with van der Waals surface area (Å²) >= 11 is 0. The fourth-order valence-corrected chi connectivity index (χ4v) is 1.86. The van der Waals surface area contributed by atoms with Crippen LogP contribution in [0.1, 0.15) is 20.3 Å². The second-order valence-corrected chi connectivity index (χ2v) is 5.07. The molecule has 1 aromatic carbocycles. The zero-order chi connectivity index (χ0) is 14.8. The molecule has 0 saturated carbocycles. The number of rotatable bonds is 10. The van der Waals surface area contributed by atoms with Gasteiger partial charge in [0.05, 0.1) is 0 Å². The predicted molar refractivity (Wildman–Crippen MR) is 84.8 cm³/mol. The van der Waals surface area contributed by atoms with E-state index in [1.54, 1.807) is 0 Å². The molecule has 0 aliphatic rings. The van der Waals surface area contributed by atoms with Gasteiger partial charge in [-0.15, -0.1) is 0 Å². The first-order valence-electron chi connectivity index (χ1n) is 7.36. The van der Waals surface area contributed by atoms with Crippen LogP contribution in [-0.2, 0) is 4.74 Å². The van der Waals surface area contributed by atoms with Crippen LogP contribution in [0.2, 0.25) is 0 Å². The van der Waals surface area contributed by atoms with Crippen LogP contribution in [0, 0.1) is 0 Å². The highest BCUT2D eigenvalue weighted by Crippen LogP contribution is 2.20. The Labute approximate surface area is 123 Å². The summed E-state index contributed by atoms with van der Waals surface area (Å²) in [7, 11) is 4.06. The van der Waals surface area contributed by atoms with Crippen LogP contribution < -0.4 is 15.0 Å². The van der Waals surface area contributed by atoms with Gasteiger partial charge >= 0.3 is 0 Å². The van der Waals surface area contributed by atoms with Crippen molar-refractivity contribution in [3.8, 4) is 5.75 Å². The van der Waals surface area contributed by atoms with Crippen LogP contribution >= 0.6 is 0 Å². The summed E-state index contributed by atoms with van der Waals surface area (Å²) in [5.74, 6) is 0.916. The van der Waals surface area contributed by atoms with Gasteiger partial charge < -0.3 is 19.7 Å². The minimum Gasteiger partial charge on any atom is -0.489 e. The zero-order valence-electron chi connectivity index (χ0n) is 13.2. The first-order chi connectivity index (χ1) is 9.63. The predicted octanol–water partition coefficient (Wildman–Crippen LogP) is 2.54. The lowest BCUT2D eigenvalue weighted by Crippen LogP contribution is -2.30. The van der Waals surface area contributed by atoms with Crippen LogP contribution in [0.5, 0.6) is 5.75 Å². The molecule has 0 aliphatic carbocycles. The molecule has 1 rings (SSSR count). The van der Waals surface area contributed by atoms with Crippen LogP contribution in [0.4, 0.5) is 5.69 Å². The molecule has 0 amide bonds. The van der Waals surface area contributed by atoms with Crippen molar-refractivity contribution in [3.05, 3.63) is 24.3 Å². The molecule has 4 nitrogen and oxygen atoms in total. The van der Waals surface area contributed by atoms with E-state index in [4.69, 9.17) is 9.47 Å². The molecular weight excluding hydrogens is 252 g/mol. The first kappa shape index (κ1) is 16.8. The second-order valence-electron chi connectivity index (χ2n) is 5.07. The molecule has 0 heterocycles. The molecule has 114 valence electrons. The standard InChI is InChI=1S/C16H28N2O2/c1-5-19-11-7-10-17-13-14(2)20-16-9-6-8-15(12-16)18(3)4/h6,8-9,12,14,17H,5,7,10-11,13H2,1-4H3. The average molecular weight is 280 g/mol. The normalized spacial score (nSPS) is 12.2. The number of nitrogens with zero attached hydrogens (tertiary/aromatic N) is 1. The monoisotopic (exact) mass is 280 g/mol. The smallest absolute Gasteiger partial charge is 0.121 e. The topological polar surface area (TPSA) is 33.7 Å². The molecule has 0 aliphatic heterocycles. The number of anilines is 1. The molecule has 1 N–H and O–H groups in total. The van der Waals surface area contributed by atoms with E-state index in [1.807, 2.05) is 33.2 Å². The highest BCUT2D eigenvalue weighted by atomic mass is 16.5. The second kappa shape index (κ2) is 9.61. The van der Waals surface area contributed by atoms with E-state index in [0.717, 1.165) is 44.2 Å². The van der Waals surface area contributed by atoms with Crippen molar-refractivity contribution in [2.75, 3.05) is 45.3 Å². The van der Waals surface area contributed by atoms with Gasteiger partial charge in [0.2, 0.25) is 0 Å². The van der Waals surface area contributed by atoms with E-state index in [0.29, 0.717) is 0 Å². The number of hydrogen-bond acceptors (Lipinski definition) is 4. The van der Waals surface area contributed by atoms with Gasteiger partial charge in [0.1, 0.15) is 11.9 Å². The lowest BCUT2D eigenvalue weighted by Gasteiger charge is -2.18. The zero-order valence-corrected chi connectivity index (χ0v) is 13.2. The molecule has 0 bridgehead atoms. The molecule has 4 heteroatoms. The lowest BCUT2D eigenvalue weighted by atomic mass is 10.3. The van der Waals surface area contributed by atoms with Crippen LogP contribution in [0.25, 0.3) is 0 Å². The maximum Gasteiger partial charge on any atom is 0.121 e. The Morgan fingerprint density at radius 3 is 2.80 bits per heavy atom. The Hall–Kier alpha value is -1.26. The van der Waals surface area contributed by atoms with E-state index in [1.165, 1.54) is 0 Å². The van der Waals surface area contributed by atoms with Crippen molar-refractivity contribution < 1.29 is 9.47 Å². The molecule has 0 aromatic heterocycles. The number of hydrogen-bond donors (Lipinski definition) is 1. The highest BCUT2D eigenvalue weighted by Gasteiger charge is 2.04. The Bertz CT molecular complexity index is 369. The SMILES string of the molecule is CCOCCCNCC(C)Oc1cccc(N(C)C)c1. The van der Waals surface area contributed by atoms with Gasteiger partial charge in [-0.05, 0) is 38.9 Å². The van der Waals surface area contributed by atoms with Crippen LogP contribution in [0.3, 0.4) is 0 Å². The van der Waals surface area contributed by atoms with Crippen molar-refractivity contribution in [2.24, 2.45) is 0 Å². The number of benzene rings is 1. The van der Waals surface area contributed by atoms with Crippen molar-refractivity contribution in [1.29, 1.82) is 0 Å². The molecule has 1 aromatic rings. The quantitative estimate of drug-likeness (QED) is 0.668. The van der Waals surface area contributed by atoms with Crippen molar-refractivity contribution in [3.63, 3.8) is 0 Å². The fraction of sp³-hybridized carbons (Fsp3) is 0.625. The molecule has 1 atom stereocenters. The third-order valence-corrected chi connectivity index (χ3v) is 2.95. The Morgan fingerprint density at radius 1 is 1.30 bits per heavy atom. The Morgan fingerprint density at radius 2 is 2.10 bits per heavy atom. The van der Waals surface area contributed by atoms with Gasteiger partial charge in [-0.2, -0.15) is 0 Å². The minimum absolute atomic E-state index is 0.152. The summed E-state index contributed by atoms with van der Waals surface area (Å²) in [4.78, 5) is 2.07. The van der Waals surface area contributed by atoms with Crippen LogP contribution in [0.15, 0.2) is 24.3 Å². The summed E-state index contributed by atoms with van der Waals surface area (Å²) in [5.41, 5.74) is 1.15. The molecule has 0 radical (unpaired) electrons. The van der Waals surface area contributed by atoms with Gasteiger partial charge in [-0.1, -0.05) is 6.07 Å².